The molecule has 0 amide bonds. The van der Waals surface area contributed by atoms with Gasteiger partial charge >= 0.3 is 5.97 Å². The van der Waals surface area contributed by atoms with Gasteiger partial charge in [-0.15, -0.1) is 0 Å². The molecule has 1 N–H and O–H groups in total. The molecule has 0 spiro atoms. The number of carbonyl (C=O) groups is 1. The molecule has 22 heavy (non-hydrogen) atoms. The number of carboxylic acid groups (broad SMARTS) is 1. The van der Waals surface area contributed by atoms with E-state index in [9.17, 15) is 20.0 Å². The lowest BCUT2D eigenvalue weighted by Crippen LogP contribution is -2.41. The lowest BCUT2D eigenvalue weighted by Gasteiger charge is -2.33. The van der Waals surface area contributed by atoms with Crippen LogP contribution in [-0.4, -0.2) is 33.0 Å². The average molecular weight is 304 g/mol. The normalized spacial score (nSPS) is 28.3. The molecule has 1 aliphatic heterocycles. The Labute approximate surface area is 128 Å². The number of hydrogen-bond acceptors (Lipinski definition) is 4. The number of fused-ring (bicyclic) bond motifs is 1. The van der Waals surface area contributed by atoms with E-state index >= 15 is 0 Å². The lowest BCUT2D eigenvalue weighted by molar-refractivity contribution is -0.384. The predicted octanol–water partition coefficient (Wildman–Crippen LogP) is 2.81. The summed E-state index contributed by atoms with van der Waals surface area (Å²) in [5.41, 5.74) is 0.999. The van der Waals surface area contributed by atoms with Crippen molar-refractivity contribution in [2.24, 2.45) is 5.92 Å². The van der Waals surface area contributed by atoms with E-state index in [4.69, 9.17) is 0 Å². The monoisotopic (exact) mass is 304 g/mol. The fraction of sp³-hybridized carbons (Fsp3) is 0.562. The summed E-state index contributed by atoms with van der Waals surface area (Å²) in [7, 11) is 0. The maximum Gasteiger partial charge on any atom is 0.320 e. The second kappa shape index (κ2) is 6.04. The standard InChI is InChI=1S/C16H20N2O4/c19-16(20)15-9-12-3-1-2-4-14(12)17(15)10-11-5-7-13(8-6-11)18(21)22/h5-8,12,14-15H,1-4,9-10H2,(H,19,20)/t12-,14-,15-/m0/s1. The SMILES string of the molecule is O=C(O)[C@@H]1C[C@@H]2CCCC[C@@H]2N1Cc1ccc([N+](=O)[O-])cc1. The molecule has 1 saturated heterocycles. The lowest BCUT2D eigenvalue weighted by atomic mass is 9.84. The molecule has 1 aliphatic carbocycles. The van der Waals surface area contributed by atoms with Crippen LogP contribution in [0.4, 0.5) is 5.69 Å². The van der Waals surface area contributed by atoms with E-state index in [0.717, 1.165) is 31.2 Å². The Bertz CT molecular complexity index is 572. The first-order chi connectivity index (χ1) is 10.6. The number of nitro benzene ring substituents is 1. The van der Waals surface area contributed by atoms with Gasteiger partial charge in [0.05, 0.1) is 4.92 Å². The van der Waals surface area contributed by atoms with Crippen molar-refractivity contribution in [3.05, 3.63) is 39.9 Å². The van der Waals surface area contributed by atoms with Gasteiger partial charge in [-0.05, 0) is 30.7 Å². The molecule has 1 heterocycles. The molecular weight excluding hydrogens is 284 g/mol. The maximum absolute atomic E-state index is 11.6. The highest BCUT2D eigenvalue weighted by molar-refractivity contribution is 5.74. The molecule has 0 bridgehead atoms. The molecule has 0 radical (unpaired) electrons. The Morgan fingerprint density at radius 1 is 1.27 bits per heavy atom. The Kier molecular flexibility index (Phi) is 4.11. The van der Waals surface area contributed by atoms with E-state index < -0.39 is 16.9 Å². The van der Waals surface area contributed by atoms with E-state index in [-0.39, 0.29) is 5.69 Å². The van der Waals surface area contributed by atoms with E-state index in [2.05, 4.69) is 4.90 Å². The molecule has 0 unspecified atom stereocenters. The summed E-state index contributed by atoms with van der Waals surface area (Å²) >= 11 is 0. The molecule has 1 aromatic carbocycles. The summed E-state index contributed by atoms with van der Waals surface area (Å²) < 4.78 is 0. The van der Waals surface area contributed by atoms with Crippen molar-refractivity contribution in [2.45, 2.75) is 50.7 Å². The summed E-state index contributed by atoms with van der Waals surface area (Å²) in [6, 6.07) is 6.34. The maximum atomic E-state index is 11.6. The number of benzene rings is 1. The van der Waals surface area contributed by atoms with Crippen LogP contribution in [0.15, 0.2) is 24.3 Å². The molecule has 6 nitrogen and oxygen atoms in total. The number of rotatable bonds is 4. The molecule has 0 aromatic heterocycles. The van der Waals surface area contributed by atoms with Crippen molar-refractivity contribution in [2.75, 3.05) is 0 Å². The summed E-state index contributed by atoms with van der Waals surface area (Å²) in [5.74, 6) is -0.274. The van der Waals surface area contributed by atoms with Gasteiger partial charge in [-0.2, -0.15) is 0 Å². The minimum absolute atomic E-state index is 0.0653. The molecule has 3 atom stereocenters. The second-order valence-electron chi connectivity index (χ2n) is 6.30. The first-order valence-corrected chi connectivity index (χ1v) is 7.78. The van der Waals surface area contributed by atoms with Crippen LogP contribution in [0.2, 0.25) is 0 Å². The number of nitrogens with zero attached hydrogens (tertiary/aromatic N) is 2. The smallest absolute Gasteiger partial charge is 0.320 e. The summed E-state index contributed by atoms with van der Waals surface area (Å²) in [4.78, 5) is 23.9. The van der Waals surface area contributed by atoms with Gasteiger partial charge in [-0.1, -0.05) is 25.0 Å². The van der Waals surface area contributed by atoms with Crippen LogP contribution in [0.25, 0.3) is 0 Å². The van der Waals surface area contributed by atoms with E-state index in [1.165, 1.54) is 18.6 Å². The Balaban J connectivity index is 1.78. The summed E-state index contributed by atoms with van der Waals surface area (Å²) in [6.45, 7) is 0.552. The molecule has 2 aliphatic rings. The zero-order chi connectivity index (χ0) is 15.7. The van der Waals surface area contributed by atoms with E-state index in [1.54, 1.807) is 12.1 Å². The minimum Gasteiger partial charge on any atom is -0.480 e. The van der Waals surface area contributed by atoms with Gasteiger partial charge in [0.25, 0.3) is 5.69 Å². The van der Waals surface area contributed by atoms with Gasteiger partial charge in [0, 0.05) is 24.7 Å². The Morgan fingerprint density at radius 2 is 1.95 bits per heavy atom. The van der Waals surface area contributed by atoms with E-state index in [0.29, 0.717) is 18.5 Å². The van der Waals surface area contributed by atoms with Crippen molar-refractivity contribution in [1.82, 2.24) is 4.90 Å². The number of non-ortho nitro benzene ring substituents is 1. The van der Waals surface area contributed by atoms with Crippen molar-refractivity contribution in [1.29, 1.82) is 0 Å². The fourth-order valence-corrected chi connectivity index (χ4v) is 3.96. The van der Waals surface area contributed by atoms with Crippen molar-refractivity contribution in [3.63, 3.8) is 0 Å². The highest BCUT2D eigenvalue weighted by atomic mass is 16.6. The number of aliphatic carboxylic acids is 1. The molecule has 118 valence electrons. The van der Waals surface area contributed by atoms with Crippen molar-refractivity contribution in [3.8, 4) is 0 Å². The largest absolute Gasteiger partial charge is 0.480 e. The zero-order valence-electron chi connectivity index (χ0n) is 12.4. The van der Waals surface area contributed by atoms with Gasteiger partial charge in [0.2, 0.25) is 0 Å². The van der Waals surface area contributed by atoms with E-state index in [1.807, 2.05) is 0 Å². The zero-order valence-corrected chi connectivity index (χ0v) is 12.4. The second-order valence-corrected chi connectivity index (χ2v) is 6.30. The fourth-order valence-electron chi connectivity index (χ4n) is 3.96. The number of likely N-dealkylation sites (tertiary alicyclic amines) is 1. The van der Waals surface area contributed by atoms with Crippen LogP contribution in [0, 0.1) is 16.0 Å². The molecule has 1 aromatic rings. The van der Waals surface area contributed by atoms with Crippen LogP contribution in [0.3, 0.4) is 0 Å². The van der Waals surface area contributed by atoms with Crippen molar-refractivity contribution < 1.29 is 14.8 Å². The van der Waals surface area contributed by atoms with Crippen LogP contribution < -0.4 is 0 Å². The summed E-state index contributed by atoms with van der Waals surface area (Å²) in [6.07, 6.45) is 5.25. The quantitative estimate of drug-likeness (QED) is 0.683. The Morgan fingerprint density at radius 3 is 2.59 bits per heavy atom. The van der Waals surface area contributed by atoms with Gasteiger partial charge in [0.1, 0.15) is 6.04 Å². The molecule has 6 heteroatoms. The number of nitro groups is 1. The van der Waals surface area contributed by atoms with Crippen molar-refractivity contribution >= 4 is 11.7 Å². The van der Waals surface area contributed by atoms with Crippen LogP contribution in [0.5, 0.6) is 0 Å². The third-order valence-corrected chi connectivity index (χ3v) is 5.02. The van der Waals surface area contributed by atoms with Gasteiger partial charge in [-0.25, -0.2) is 0 Å². The van der Waals surface area contributed by atoms with Gasteiger partial charge in [0.15, 0.2) is 0 Å². The molecule has 1 saturated carbocycles. The first kappa shape index (κ1) is 15.0. The highest BCUT2D eigenvalue weighted by Crippen LogP contribution is 2.40. The minimum atomic E-state index is -0.753. The predicted molar refractivity (Wildman–Crippen MR) is 80.4 cm³/mol. The number of carboxylic acids is 1. The molecular formula is C16H20N2O4. The van der Waals surface area contributed by atoms with Gasteiger partial charge < -0.3 is 5.11 Å². The van der Waals surface area contributed by atoms with Gasteiger partial charge in [-0.3, -0.25) is 19.8 Å². The summed E-state index contributed by atoms with van der Waals surface area (Å²) in [5, 5.41) is 20.2. The highest BCUT2D eigenvalue weighted by Gasteiger charge is 2.44. The van der Waals surface area contributed by atoms with Crippen LogP contribution in [0.1, 0.15) is 37.7 Å². The molecule has 3 rings (SSSR count). The number of hydrogen-bond donors (Lipinski definition) is 1. The average Bonchev–Trinajstić information content (AvgIpc) is 2.87. The third-order valence-electron chi connectivity index (χ3n) is 5.02. The third kappa shape index (κ3) is 2.83. The Hall–Kier alpha value is -1.95. The topological polar surface area (TPSA) is 83.7 Å². The first-order valence-electron chi connectivity index (χ1n) is 7.78. The van der Waals surface area contributed by atoms with Crippen LogP contribution in [-0.2, 0) is 11.3 Å². The van der Waals surface area contributed by atoms with Crippen LogP contribution >= 0.6 is 0 Å². The molecule has 2 fully saturated rings.